The number of pyridine rings is 1. The van der Waals surface area contributed by atoms with E-state index in [2.05, 4.69) is 46.8 Å². The molecule has 7 rings (SSSR count). The molecule has 7 atom stereocenters. The highest BCUT2D eigenvalue weighted by atomic mass is 32.2. The summed E-state index contributed by atoms with van der Waals surface area (Å²) in [6.07, 6.45) is 17.3. The molecule has 4 heterocycles. The second kappa shape index (κ2) is 19.3. The highest BCUT2D eigenvalue weighted by Gasteiger charge is 2.64. The molecule has 3 aliphatic heterocycles. The van der Waals surface area contributed by atoms with Crippen LogP contribution >= 0.6 is 11.8 Å². The van der Waals surface area contributed by atoms with Crippen LogP contribution in [0.4, 0.5) is 0 Å². The van der Waals surface area contributed by atoms with Crippen LogP contribution in [0.2, 0.25) is 0 Å². The second-order valence-corrected chi connectivity index (χ2v) is 16.6. The van der Waals surface area contributed by atoms with Gasteiger partial charge in [-0.15, -0.1) is 6.58 Å². The van der Waals surface area contributed by atoms with E-state index >= 15 is 0 Å². The van der Waals surface area contributed by atoms with Gasteiger partial charge in [0.1, 0.15) is 18.1 Å². The normalized spacial score (nSPS) is 29.4. The lowest BCUT2D eigenvalue weighted by atomic mass is 9.56. The number of hydrogen-bond donors (Lipinski definition) is 2. The van der Waals surface area contributed by atoms with Gasteiger partial charge in [-0.05, 0) is 104 Å². The molecule has 1 saturated carbocycles. The molecule has 294 valence electrons. The summed E-state index contributed by atoms with van der Waals surface area (Å²) in [5, 5.41) is 24.6. The Morgan fingerprint density at radius 3 is 2.65 bits per heavy atom. The van der Waals surface area contributed by atoms with E-state index in [9.17, 15) is 10.2 Å². The Morgan fingerprint density at radius 2 is 1.89 bits per heavy atom. The summed E-state index contributed by atoms with van der Waals surface area (Å²) in [6.45, 7) is 9.29. The average molecular weight is 762 g/mol. The summed E-state index contributed by atoms with van der Waals surface area (Å²) in [7, 11) is 0. The number of rotatable bonds is 21. The molecule has 1 aromatic carbocycles. The van der Waals surface area contributed by atoms with Crippen molar-refractivity contribution in [1.82, 2.24) is 9.88 Å². The molecule has 5 aliphatic rings. The smallest absolute Gasteiger partial charge is 0.230 e. The molecule has 0 bridgehead atoms. The van der Waals surface area contributed by atoms with Gasteiger partial charge in [0, 0.05) is 69.6 Å². The lowest BCUT2D eigenvalue weighted by molar-refractivity contribution is -0.223. The topological polar surface area (TPSA) is 115 Å². The van der Waals surface area contributed by atoms with Crippen LogP contribution in [-0.2, 0) is 20.7 Å². The summed E-state index contributed by atoms with van der Waals surface area (Å²) >= 11 is 1.88. The summed E-state index contributed by atoms with van der Waals surface area (Å²) in [5.41, 5.74) is 4.47. The number of hydrogen-bond acceptors (Lipinski definition) is 11. The first-order valence-electron chi connectivity index (χ1n) is 20.3. The van der Waals surface area contributed by atoms with E-state index in [1.165, 1.54) is 5.56 Å². The maximum absolute atomic E-state index is 9.90. The first-order chi connectivity index (χ1) is 26.6. The van der Waals surface area contributed by atoms with Gasteiger partial charge in [-0.3, -0.25) is 9.88 Å². The standard InChI is InChI=1S/C43H59N3O7S/c1-2-24-51-43-39(54-27-16-31-14-17-44-18-15-31)30-37(45-53-40-11-5-8-25-50-40)35-28-32(9-3-6-22-47)34(10-4-7-23-48)41(42(35)43)36-29-33(12-13-38(36)52-43)49-26-21-46-19-20-46/h2,12-15,17-18,28-29,32,34,39-42,47-48H,1,3-11,16,19-27,30H2. The number of nitrogens with zero attached hydrogens (tertiary/aromatic N) is 3. The molecule has 54 heavy (non-hydrogen) atoms. The number of aromatic nitrogens is 1. The van der Waals surface area contributed by atoms with E-state index in [1.54, 1.807) is 0 Å². The van der Waals surface area contributed by atoms with E-state index in [4.69, 9.17) is 28.9 Å². The van der Waals surface area contributed by atoms with Crippen molar-refractivity contribution in [3.63, 3.8) is 0 Å². The molecule has 0 amide bonds. The van der Waals surface area contributed by atoms with Gasteiger partial charge in [0.25, 0.3) is 0 Å². The molecule has 2 aliphatic carbocycles. The molecule has 2 aromatic rings. The predicted octanol–water partition coefficient (Wildman–Crippen LogP) is 6.91. The van der Waals surface area contributed by atoms with Gasteiger partial charge < -0.3 is 34.0 Å². The van der Waals surface area contributed by atoms with Crippen molar-refractivity contribution in [2.24, 2.45) is 22.9 Å². The number of oxime groups is 1. The minimum absolute atomic E-state index is 0.0341. The number of aliphatic hydroxyl groups is 2. The third kappa shape index (κ3) is 9.36. The van der Waals surface area contributed by atoms with Gasteiger partial charge in [-0.25, -0.2) is 0 Å². The largest absolute Gasteiger partial charge is 0.492 e. The number of allylic oxidation sites excluding steroid dienone is 1. The first kappa shape index (κ1) is 39.3. The van der Waals surface area contributed by atoms with Crippen molar-refractivity contribution in [3.8, 4) is 11.5 Å². The van der Waals surface area contributed by atoms with Crippen LogP contribution in [-0.4, -0.2) is 102 Å². The van der Waals surface area contributed by atoms with Crippen molar-refractivity contribution in [1.29, 1.82) is 0 Å². The third-order valence-corrected chi connectivity index (χ3v) is 13.1. The molecule has 3 fully saturated rings. The van der Waals surface area contributed by atoms with Crippen molar-refractivity contribution < 1.29 is 34.0 Å². The average Bonchev–Trinajstić information content (AvgIpc) is 4.03. The number of ether oxygens (including phenoxy) is 4. The van der Waals surface area contributed by atoms with E-state index in [-0.39, 0.29) is 48.4 Å². The Morgan fingerprint density at radius 1 is 1.06 bits per heavy atom. The Labute approximate surface area is 325 Å². The van der Waals surface area contributed by atoms with Crippen LogP contribution in [0.1, 0.15) is 81.3 Å². The van der Waals surface area contributed by atoms with Gasteiger partial charge in [0.05, 0.1) is 30.1 Å². The van der Waals surface area contributed by atoms with Gasteiger partial charge >= 0.3 is 0 Å². The monoisotopic (exact) mass is 761 g/mol. The van der Waals surface area contributed by atoms with E-state index < -0.39 is 5.79 Å². The van der Waals surface area contributed by atoms with E-state index in [0.29, 0.717) is 26.2 Å². The summed E-state index contributed by atoms with van der Waals surface area (Å²) in [5.74, 6) is 1.91. The van der Waals surface area contributed by atoms with Crippen LogP contribution in [0.5, 0.6) is 11.5 Å². The van der Waals surface area contributed by atoms with Gasteiger partial charge in [0.15, 0.2) is 0 Å². The van der Waals surface area contributed by atoms with Crippen LogP contribution in [0.3, 0.4) is 0 Å². The van der Waals surface area contributed by atoms with Crippen molar-refractivity contribution in [3.05, 3.63) is 78.2 Å². The van der Waals surface area contributed by atoms with Crippen LogP contribution < -0.4 is 9.47 Å². The Balaban J connectivity index is 1.33. The lowest BCUT2D eigenvalue weighted by Gasteiger charge is -2.58. The third-order valence-electron chi connectivity index (χ3n) is 11.7. The Bertz CT molecular complexity index is 1570. The maximum atomic E-state index is 9.90. The summed E-state index contributed by atoms with van der Waals surface area (Å²) in [4.78, 5) is 12.8. The van der Waals surface area contributed by atoms with Crippen molar-refractivity contribution in [2.45, 2.75) is 93.9 Å². The fraction of sp³-hybridized carbons (Fsp3) is 0.628. The number of fused-ring (bicyclic) bond motifs is 2. The van der Waals surface area contributed by atoms with Gasteiger partial charge in [0.2, 0.25) is 12.1 Å². The number of thioether (sulfide) groups is 1. The van der Waals surface area contributed by atoms with Crippen LogP contribution in [0.15, 0.2) is 72.2 Å². The number of aryl methyl sites for hydroxylation is 1. The van der Waals surface area contributed by atoms with Crippen LogP contribution in [0.25, 0.3) is 0 Å². The fourth-order valence-corrected chi connectivity index (χ4v) is 10.3. The maximum Gasteiger partial charge on any atom is 0.230 e. The SMILES string of the molecule is C=CCOC12Oc3ccc(OCCN4CC4)cc3C3C(CCCCO)C(CCCCO)C=C(C(=NOC4CCCCO4)CC1SCCc1ccncc1)C32. The zero-order valence-electron chi connectivity index (χ0n) is 31.7. The van der Waals surface area contributed by atoms with Gasteiger partial charge in [-0.1, -0.05) is 30.1 Å². The molecule has 7 unspecified atom stereocenters. The number of benzene rings is 1. The minimum Gasteiger partial charge on any atom is -0.492 e. The minimum atomic E-state index is -0.992. The predicted molar refractivity (Wildman–Crippen MR) is 212 cm³/mol. The molecule has 10 nitrogen and oxygen atoms in total. The fourth-order valence-electron chi connectivity index (χ4n) is 8.94. The molecule has 2 N–H and O–H groups in total. The summed E-state index contributed by atoms with van der Waals surface area (Å²) in [6, 6.07) is 10.5. The van der Waals surface area contributed by atoms with E-state index in [0.717, 1.165) is 118 Å². The number of unbranched alkanes of at least 4 members (excludes halogenated alkanes) is 2. The highest BCUT2D eigenvalue weighted by Crippen LogP contribution is 2.62. The van der Waals surface area contributed by atoms with E-state index in [1.807, 2.05) is 36.3 Å². The van der Waals surface area contributed by atoms with Gasteiger partial charge in [-0.2, -0.15) is 11.8 Å². The van der Waals surface area contributed by atoms with Crippen LogP contribution in [0, 0.1) is 17.8 Å². The number of aliphatic hydroxyl groups excluding tert-OH is 2. The zero-order chi connectivity index (χ0) is 37.2. The molecule has 1 aromatic heterocycles. The molecular weight excluding hydrogens is 703 g/mol. The summed E-state index contributed by atoms with van der Waals surface area (Å²) < 4.78 is 26.8. The molecule has 0 radical (unpaired) electrons. The molecular formula is C43H59N3O7S. The lowest BCUT2D eigenvalue weighted by Crippen LogP contribution is -2.64. The van der Waals surface area contributed by atoms with Crippen molar-refractivity contribution in [2.75, 3.05) is 58.4 Å². The molecule has 11 heteroatoms. The Hall–Kier alpha value is -2.93. The zero-order valence-corrected chi connectivity index (χ0v) is 32.5. The first-order valence-corrected chi connectivity index (χ1v) is 21.4. The molecule has 0 spiro atoms. The quantitative estimate of drug-likeness (QED) is 0.0602. The Kier molecular flexibility index (Phi) is 14.0. The molecule has 2 saturated heterocycles. The highest BCUT2D eigenvalue weighted by molar-refractivity contribution is 8.00. The van der Waals surface area contributed by atoms with Crippen molar-refractivity contribution >= 4 is 17.5 Å². The second-order valence-electron chi connectivity index (χ2n) is 15.3.